The van der Waals surface area contributed by atoms with E-state index >= 15 is 0 Å². The van der Waals surface area contributed by atoms with Crippen molar-refractivity contribution in [3.05, 3.63) is 35.9 Å². The van der Waals surface area contributed by atoms with Crippen LogP contribution in [-0.4, -0.2) is 12.1 Å². The molecule has 2 aliphatic rings. The van der Waals surface area contributed by atoms with Crippen LogP contribution in [0.4, 0.5) is 0 Å². The Hall–Kier alpha value is -0.530. The summed E-state index contributed by atoms with van der Waals surface area (Å²) < 4.78 is 0. The molecule has 0 saturated heterocycles. The van der Waals surface area contributed by atoms with Gasteiger partial charge in [-0.05, 0) is 50.0 Å². The Balaban J connectivity index is 0.00000120. The molecule has 2 fully saturated rings. The Kier molecular flexibility index (Phi) is 4.69. The Morgan fingerprint density at radius 3 is 2.56 bits per heavy atom. The third kappa shape index (κ3) is 3.07. The van der Waals surface area contributed by atoms with E-state index in [4.69, 9.17) is 0 Å². The first-order valence-electron chi connectivity index (χ1n) is 7.11. The van der Waals surface area contributed by atoms with Gasteiger partial charge in [-0.15, -0.1) is 12.4 Å². The van der Waals surface area contributed by atoms with E-state index < -0.39 is 0 Å². The van der Waals surface area contributed by atoms with Crippen molar-refractivity contribution in [2.75, 3.05) is 0 Å². The van der Waals surface area contributed by atoms with E-state index in [1.54, 1.807) is 0 Å². The molecular weight excluding hydrogens is 242 g/mol. The van der Waals surface area contributed by atoms with E-state index in [2.05, 4.69) is 42.6 Å². The van der Waals surface area contributed by atoms with Crippen LogP contribution in [0.1, 0.15) is 38.2 Å². The first-order valence-corrected chi connectivity index (χ1v) is 7.11. The number of fused-ring (bicyclic) bond motifs is 2. The molecule has 2 saturated carbocycles. The molecule has 0 heterocycles. The van der Waals surface area contributed by atoms with Crippen molar-refractivity contribution < 1.29 is 0 Å². The minimum absolute atomic E-state index is 0. The maximum absolute atomic E-state index is 3.86. The molecule has 0 radical (unpaired) electrons. The monoisotopic (exact) mass is 265 g/mol. The van der Waals surface area contributed by atoms with Crippen molar-refractivity contribution in [2.45, 2.75) is 51.1 Å². The van der Waals surface area contributed by atoms with Crippen molar-refractivity contribution >= 4 is 12.4 Å². The standard InChI is InChI=1S/C16H23N.ClH/c1-12(9-13-5-3-2-4-6-13)17-16-11-14-7-8-15(16)10-14;/h2-6,12,14-17H,7-11H2,1H3;1H. The lowest BCUT2D eigenvalue weighted by Gasteiger charge is -2.27. The van der Waals surface area contributed by atoms with E-state index in [0.717, 1.165) is 24.3 Å². The smallest absolute Gasteiger partial charge is 0.0101 e. The maximum Gasteiger partial charge on any atom is 0.0101 e. The van der Waals surface area contributed by atoms with Gasteiger partial charge < -0.3 is 5.32 Å². The van der Waals surface area contributed by atoms with Crippen molar-refractivity contribution in [1.82, 2.24) is 5.32 Å². The van der Waals surface area contributed by atoms with Crippen LogP contribution in [0.15, 0.2) is 30.3 Å². The highest BCUT2D eigenvalue weighted by Crippen LogP contribution is 2.44. The first kappa shape index (κ1) is 13.9. The molecule has 0 amide bonds. The van der Waals surface area contributed by atoms with Crippen molar-refractivity contribution in [1.29, 1.82) is 0 Å². The summed E-state index contributed by atoms with van der Waals surface area (Å²) in [7, 11) is 0. The molecule has 4 atom stereocenters. The molecule has 0 spiro atoms. The van der Waals surface area contributed by atoms with Gasteiger partial charge >= 0.3 is 0 Å². The molecule has 100 valence electrons. The predicted molar refractivity (Wildman–Crippen MR) is 79.2 cm³/mol. The van der Waals surface area contributed by atoms with E-state index in [1.807, 2.05) is 0 Å². The van der Waals surface area contributed by atoms with Crippen LogP contribution in [0.5, 0.6) is 0 Å². The lowest BCUT2D eigenvalue weighted by Crippen LogP contribution is -2.40. The summed E-state index contributed by atoms with van der Waals surface area (Å²) in [5.41, 5.74) is 1.45. The van der Waals surface area contributed by atoms with E-state index in [0.29, 0.717) is 6.04 Å². The summed E-state index contributed by atoms with van der Waals surface area (Å²) in [6.45, 7) is 2.33. The molecule has 18 heavy (non-hydrogen) atoms. The van der Waals surface area contributed by atoms with Gasteiger partial charge in [0, 0.05) is 12.1 Å². The molecule has 1 nitrogen and oxygen atoms in total. The topological polar surface area (TPSA) is 12.0 Å². The molecule has 2 bridgehead atoms. The van der Waals surface area contributed by atoms with Gasteiger partial charge in [0.15, 0.2) is 0 Å². The predicted octanol–water partition coefficient (Wildman–Crippen LogP) is 3.82. The molecule has 2 heteroatoms. The number of nitrogens with one attached hydrogen (secondary N) is 1. The first-order chi connectivity index (χ1) is 8.31. The fraction of sp³-hybridized carbons (Fsp3) is 0.625. The number of halogens is 1. The van der Waals surface area contributed by atoms with Gasteiger partial charge in [-0.1, -0.05) is 36.8 Å². The summed E-state index contributed by atoms with van der Waals surface area (Å²) in [6, 6.07) is 12.3. The zero-order valence-electron chi connectivity index (χ0n) is 11.1. The molecular formula is C16H24ClN. The molecule has 0 aliphatic heterocycles. The molecule has 1 aromatic carbocycles. The summed E-state index contributed by atoms with van der Waals surface area (Å²) in [4.78, 5) is 0. The molecule has 1 N–H and O–H groups in total. The Morgan fingerprint density at radius 2 is 1.94 bits per heavy atom. The molecule has 0 aromatic heterocycles. The average molecular weight is 266 g/mol. The normalized spacial score (nSPS) is 31.1. The molecule has 1 aromatic rings. The quantitative estimate of drug-likeness (QED) is 0.873. The van der Waals surface area contributed by atoms with Crippen molar-refractivity contribution in [3.63, 3.8) is 0 Å². The van der Waals surface area contributed by atoms with Crippen LogP contribution < -0.4 is 5.32 Å². The largest absolute Gasteiger partial charge is 0.311 e. The SMILES string of the molecule is CC(Cc1ccccc1)NC1CC2CCC1C2.Cl. The summed E-state index contributed by atoms with van der Waals surface area (Å²) in [6.07, 6.45) is 7.06. The molecule has 3 rings (SSSR count). The Labute approximate surface area is 117 Å². The second kappa shape index (κ2) is 6.08. The number of hydrogen-bond donors (Lipinski definition) is 1. The number of hydrogen-bond acceptors (Lipinski definition) is 1. The Morgan fingerprint density at radius 1 is 1.17 bits per heavy atom. The summed E-state index contributed by atoms with van der Waals surface area (Å²) >= 11 is 0. The fourth-order valence-electron chi connectivity index (χ4n) is 3.84. The van der Waals surface area contributed by atoms with Crippen LogP contribution >= 0.6 is 12.4 Å². The minimum atomic E-state index is 0. The third-order valence-corrected chi connectivity index (χ3v) is 4.62. The van der Waals surface area contributed by atoms with Crippen LogP contribution in [0, 0.1) is 11.8 Å². The third-order valence-electron chi connectivity index (χ3n) is 4.62. The minimum Gasteiger partial charge on any atom is -0.311 e. The lowest BCUT2D eigenvalue weighted by molar-refractivity contribution is 0.323. The van der Waals surface area contributed by atoms with Crippen LogP contribution in [0.2, 0.25) is 0 Å². The molecule has 2 aliphatic carbocycles. The second-order valence-corrected chi connectivity index (χ2v) is 6.04. The zero-order valence-corrected chi connectivity index (χ0v) is 12.0. The second-order valence-electron chi connectivity index (χ2n) is 6.04. The lowest BCUT2D eigenvalue weighted by atomic mass is 9.94. The summed E-state index contributed by atoms with van der Waals surface area (Å²) in [5.74, 6) is 2.03. The van der Waals surface area contributed by atoms with Gasteiger partial charge in [0.2, 0.25) is 0 Å². The van der Waals surface area contributed by atoms with Crippen molar-refractivity contribution in [3.8, 4) is 0 Å². The van der Waals surface area contributed by atoms with Gasteiger partial charge in [0.1, 0.15) is 0 Å². The highest BCUT2D eigenvalue weighted by Gasteiger charge is 2.39. The Bertz CT molecular complexity index is 365. The van der Waals surface area contributed by atoms with Gasteiger partial charge in [-0.3, -0.25) is 0 Å². The van der Waals surface area contributed by atoms with Gasteiger partial charge in [-0.25, -0.2) is 0 Å². The average Bonchev–Trinajstić information content (AvgIpc) is 2.92. The zero-order chi connectivity index (χ0) is 11.7. The highest BCUT2D eigenvalue weighted by atomic mass is 35.5. The highest BCUT2D eigenvalue weighted by molar-refractivity contribution is 5.85. The van der Waals surface area contributed by atoms with Gasteiger partial charge in [0.05, 0.1) is 0 Å². The number of benzene rings is 1. The van der Waals surface area contributed by atoms with Crippen LogP contribution in [-0.2, 0) is 6.42 Å². The summed E-state index contributed by atoms with van der Waals surface area (Å²) in [5, 5.41) is 3.86. The fourth-order valence-corrected chi connectivity index (χ4v) is 3.84. The van der Waals surface area contributed by atoms with E-state index in [-0.39, 0.29) is 12.4 Å². The van der Waals surface area contributed by atoms with Crippen LogP contribution in [0.25, 0.3) is 0 Å². The van der Waals surface area contributed by atoms with Gasteiger partial charge in [0.25, 0.3) is 0 Å². The van der Waals surface area contributed by atoms with E-state index in [9.17, 15) is 0 Å². The number of rotatable bonds is 4. The maximum atomic E-state index is 3.86. The van der Waals surface area contributed by atoms with Gasteiger partial charge in [-0.2, -0.15) is 0 Å². The van der Waals surface area contributed by atoms with Crippen molar-refractivity contribution in [2.24, 2.45) is 11.8 Å². The van der Waals surface area contributed by atoms with E-state index in [1.165, 1.54) is 31.2 Å². The molecule has 4 unspecified atom stereocenters. The van der Waals surface area contributed by atoms with Crippen LogP contribution in [0.3, 0.4) is 0 Å².